The summed E-state index contributed by atoms with van der Waals surface area (Å²) in [5.41, 5.74) is 3.14. The van der Waals surface area contributed by atoms with Gasteiger partial charge >= 0.3 is 0 Å². The second-order valence-electron chi connectivity index (χ2n) is 7.72. The third kappa shape index (κ3) is 3.65. The van der Waals surface area contributed by atoms with Crippen LogP contribution in [0, 0.1) is 0 Å². The Hall–Kier alpha value is -3.32. The molecule has 0 bridgehead atoms. The molecule has 0 N–H and O–H groups in total. The predicted octanol–water partition coefficient (Wildman–Crippen LogP) is 3.37. The maximum Gasteiger partial charge on any atom is 0.269 e. The van der Waals surface area contributed by atoms with Crippen LogP contribution in [0.4, 0.5) is 11.4 Å². The van der Waals surface area contributed by atoms with Crippen LogP contribution in [0.15, 0.2) is 78.9 Å². The molecule has 2 aliphatic rings. The lowest BCUT2D eigenvalue weighted by Crippen LogP contribution is -2.52. The molecule has 3 aromatic carbocycles. The van der Waals surface area contributed by atoms with Crippen LogP contribution < -0.4 is 13.9 Å². The van der Waals surface area contributed by atoms with E-state index in [0.717, 1.165) is 17.7 Å². The number of hydrogen-bond donors (Lipinski definition) is 0. The van der Waals surface area contributed by atoms with Gasteiger partial charge in [-0.2, -0.15) is 0 Å². The van der Waals surface area contributed by atoms with Crippen molar-refractivity contribution in [3.63, 3.8) is 0 Å². The standard InChI is InChI=1S/C24H22N2O4S/c27-24(25-15-14-19-10-4-5-11-20(19)25)23-16-26(21-12-6-7-13-22(21)30-23)31(28,29)17-18-8-2-1-3-9-18/h1-13,23H,14-17H2/t23-/m0/s1. The molecule has 1 amide bonds. The summed E-state index contributed by atoms with van der Waals surface area (Å²) in [6.45, 7) is 0.514. The number of fused-ring (bicyclic) bond motifs is 2. The summed E-state index contributed by atoms with van der Waals surface area (Å²) in [6, 6.07) is 23.8. The van der Waals surface area contributed by atoms with Crippen molar-refractivity contribution in [3.8, 4) is 5.75 Å². The van der Waals surface area contributed by atoms with E-state index < -0.39 is 16.1 Å². The first-order valence-electron chi connectivity index (χ1n) is 10.2. The molecular formula is C24H22N2O4S. The topological polar surface area (TPSA) is 66.9 Å². The Bertz CT molecular complexity index is 1230. The molecule has 0 saturated carbocycles. The van der Waals surface area contributed by atoms with Crippen LogP contribution in [0.1, 0.15) is 11.1 Å². The highest BCUT2D eigenvalue weighted by Gasteiger charge is 2.39. The third-order valence-electron chi connectivity index (χ3n) is 5.69. The molecule has 2 heterocycles. The van der Waals surface area contributed by atoms with Gasteiger partial charge in [0.05, 0.1) is 18.0 Å². The molecule has 6 nitrogen and oxygen atoms in total. The Morgan fingerprint density at radius 1 is 0.903 bits per heavy atom. The minimum atomic E-state index is -3.72. The van der Waals surface area contributed by atoms with E-state index in [2.05, 4.69) is 0 Å². The number of amides is 1. The molecule has 5 rings (SSSR count). The Labute approximate surface area is 181 Å². The smallest absolute Gasteiger partial charge is 0.269 e. The summed E-state index contributed by atoms with van der Waals surface area (Å²) in [4.78, 5) is 15.1. The number of rotatable bonds is 4. The first-order chi connectivity index (χ1) is 15.0. The van der Waals surface area contributed by atoms with Crippen LogP contribution in [0.2, 0.25) is 0 Å². The maximum atomic E-state index is 13.4. The van der Waals surface area contributed by atoms with Gasteiger partial charge in [-0.15, -0.1) is 0 Å². The molecule has 7 heteroatoms. The number of nitrogens with zero attached hydrogens (tertiary/aromatic N) is 2. The Balaban J connectivity index is 1.46. The lowest BCUT2D eigenvalue weighted by Gasteiger charge is -2.36. The van der Waals surface area contributed by atoms with Crippen molar-refractivity contribution in [1.29, 1.82) is 0 Å². The molecular weight excluding hydrogens is 412 g/mol. The van der Waals surface area contributed by atoms with Crippen LogP contribution >= 0.6 is 0 Å². The number of anilines is 2. The SMILES string of the molecule is O=C([C@@H]1CN(S(=O)(=O)Cc2ccccc2)c2ccccc2O1)N1CCc2ccccc21. The van der Waals surface area contributed by atoms with E-state index in [0.29, 0.717) is 23.5 Å². The molecule has 0 aliphatic carbocycles. The maximum absolute atomic E-state index is 13.4. The molecule has 0 saturated heterocycles. The van der Waals surface area contributed by atoms with E-state index >= 15 is 0 Å². The lowest BCUT2D eigenvalue weighted by atomic mass is 10.1. The van der Waals surface area contributed by atoms with E-state index in [1.165, 1.54) is 4.31 Å². The second-order valence-corrected chi connectivity index (χ2v) is 9.61. The van der Waals surface area contributed by atoms with Gasteiger partial charge in [-0.05, 0) is 35.7 Å². The molecule has 31 heavy (non-hydrogen) atoms. The number of benzene rings is 3. The van der Waals surface area contributed by atoms with E-state index in [1.807, 2.05) is 42.5 Å². The molecule has 0 radical (unpaired) electrons. The van der Waals surface area contributed by atoms with E-state index in [4.69, 9.17) is 4.74 Å². The van der Waals surface area contributed by atoms with Crippen LogP contribution in [0.3, 0.4) is 0 Å². The van der Waals surface area contributed by atoms with Crippen molar-refractivity contribution in [2.75, 3.05) is 22.3 Å². The fraction of sp³-hybridized carbons (Fsp3) is 0.208. The summed E-state index contributed by atoms with van der Waals surface area (Å²) in [6.07, 6.45) is -0.132. The molecule has 1 atom stereocenters. The highest BCUT2D eigenvalue weighted by Crippen LogP contribution is 2.37. The van der Waals surface area contributed by atoms with E-state index in [9.17, 15) is 13.2 Å². The highest BCUT2D eigenvalue weighted by molar-refractivity contribution is 7.92. The van der Waals surface area contributed by atoms with Gasteiger partial charge in [0.15, 0.2) is 6.10 Å². The first-order valence-corrected chi connectivity index (χ1v) is 11.8. The Kier molecular flexibility index (Phi) is 4.90. The predicted molar refractivity (Wildman–Crippen MR) is 120 cm³/mol. The van der Waals surface area contributed by atoms with Crippen LogP contribution in [-0.2, 0) is 27.0 Å². The van der Waals surface area contributed by atoms with Gasteiger partial charge in [-0.25, -0.2) is 8.42 Å². The summed E-state index contributed by atoms with van der Waals surface area (Å²) in [7, 11) is -3.72. The number of ether oxygens (including phenoxy) is 1. The van der Waals surface area contributed by atoms with Gasteiger partial charge in [-0.1, -0.05) is 60.7 Å². The zero-order chi connectivity index (χ0) is 21.4. The van der Waals surface area contributed by atoms with Crippen molar-refractivity contribution >= 4 is 27.3 Å². The van der Waals surface area contributed by atoms with Crippen molar-refractivity contribution < 1.29 is 17.9 Å². The van der Waals surface area contributed by atoms with Gasteiger partial charge in [0.25, 0.3) is 5.91 Å². The van der Waals surface area contributed by atoms with Gasteiger partial charge in [0, 0.05) is 12.2 Å². The molecule has 0 spiro atoms. The molecule has 2 aliphatic heterocycles. The van der Waals surface area contributed by atoms with E-state index in [1.54, 1.807) is 41.3 Å². The minimum Gasteiger partial charge on any atom is -0.476 e. The molecule has 0 fully saturated rings. The summed E-state index contributed by atoms with van der Waals surface area (Å²) in [5, 5.41) is 0. The fourth-order valence-electron chi connectivity index (χ4n) is 4.20. The Morgan fingerprint density at radius 2 is 1.58 bits per heavy atom. The van der Waals surface area contributed by atoms with Gasteiger partial charge in [-0.3, -0.25) is 9.10 Å². The minimum absolute atomic E-state index is 0.0519. The largest absolute Gasteiger partial charge is 0.476 e. The van der Waals surface area contributed by atoms with Crippen molar-refractivity contribution in [2.45, 2.75) is 18.3 Å². The number of carbonyl (C=O) groups excluding carboxylic acids is 1. The molecule has 0 unspecified atom stereocenters. The summed E-state index contributed by atoms with van der Waals surface area (Å²) < 4.78 is 34.0. The molecule has 158 valence electrons. The number of sulfonamides is 1. The number of para-hydroxylation sites is 3. The average Bonchev–Trinajstić information content (AvgIpc) is 3.22. The highest BCUT2D eigenvalue weighted by atomic mass is 32.2. The zero-order valence-electron chi connectivity index (χ0n) is 16.8. The monoisotopic (exact) mass is 434 g/mol. The van der Waals surface area contributed by atoms with Gasteiger partial charge in [0.2, 0.25) is 10.0 Å². The Morgan fingerprint density at radius 3 is 2.39 bits per heavy atom. The molecule has 0 aromatic heterocycles. The van der Waals surface area contributed by atoms with Crippen LogP contribution in [0.25, 0.3) is 0 Å². The van der Waals surface area contributed by atoms with Gasteiger partial charge in [0.1, 0.15) is 5.75 Å². The van der Waals surface area contributed by atoms with Gasteiger partial charge < -0.3 is 9.64 Å². The average molecular weight is 435 g/mol. The normalized spacial score (nSPS) is 17.6. The second kappa shape index (κ2) is 7.74. The summed E-state index contributed by atoms with van der Waals surface area (Å²) >= 11 is 0. The third-order valence-corrected chi connectivity index (χ3v) is 7.41. The zero-order valence-corrected chi connectivity index (χ0v) is 17.7. The molecule has 3 aromatic rings. The number of hydrogen-bond acceptors (Lipinski definition) is 4. The summed E-state index contributed by atoms with van der Waals surface area (Å²) in [5.74, 6) is 0.0332. The van der Waals surface area contributed by atoms with Crippen molar-refractivity contribution in [1.82, 2.24) is 0 Å². The van der Waals surface area contributed by atoms with E-state index in [-0.39, 0.29) is 18.2 Å². The number of carbonyl (C=O) groups is 1. The quantitative estimate of drug-likeness (QED) is 0.632. The lowest BCUT2D eigenvalue weighted by molar-refractivity contribution is -0.125. The van der Waals surface area contributed by atoms with Crippen molar-refractivity contribution in [2.24, 2.45) is 0 Å². The van der Waals surface area contributed by atoms with Crippen LogP contribution in [0.5, 0.6) is 5.75 Å². The first kappa shape index (κ1) is 19.6. The van der Waals surface area contributed by atoms with Crippen molar-refractivity contribution in [3.05, 3.63) is 90.0 Å². The fourth-order valence-corrected chi connectivity index (χ4v) is 5.78. The van der Waals surface area contributed by atoms with Crippen LogP contribution in [-0.4, -0.2) is 33.5 Å².